The SMILES string of the molecule is Cc1nc(CCNC(=O)CCc2ccc(C(=O)O)cc2)cs1. The van der Waals surface area contributed by atoms with E-state index < -0.39 is 5.97 Å². The third-order valence-electron chi connectivity index (χ3n) is 3.21. The van der Waals surface area contributed by atoms with Crippen LogP contribution in [0, 0.1) is 6.92 Å². The molecule has 1 heterocycles. The number of carboxylic acid groups (broad SMARTS) is 1. The summed E-state index contributed by atoms with van der Waals surface area (Å²) in [5.41, 5.74) is 2.22. The summed E-state index contributed by atoms with van der Waals surface area (Å²) < 4.78 is 0. The summed E-state index contributed by atoms with van der Waals surface area (Å²) >= 11 is 1.61. The standard InChI is InChI=1S/C16H18N2O3S/c1-11-18-14(10-22-11)8-9-17-15(19)7-4-12-2-5-13(6-3-12)16(20)21/h2-3,5-6,10H,4,7-9H2,1H3,(H,17,19)(H,20,21). The third-order valence-corrected chi connectivity index (χ3v) is 4.03. The van der Waals surface area contributed by atoms with E-state index in [9.17, 15) is 9.59 Å². The van der Waals surface area contributed by atoms with Crippen LogP contribution in [0.25, 0.3) is 0 Å². The molecule has 0 saturated heterocycles. The molecule has 6 heteroatoms. The third kappa shape index (κ3) is 4.96. The van der Waals surface area contributed by atoms with Crippen LogP contribution in [0.2, 0.25) is 0 Å². The van der Waals surface area contributed by atoms with Gasteiger partial charge in [-0.25, -0.2) is 9.78 Å². The van der Waals surface area contributed by atoms with Gasteiger partial charge in [-0.3, -0.25) is 4.79 Å². The second kappa shape index (κ2) is 7.70. The fraction of sp³-hybridized carbons (Fsp3) is 0.312. The fourth-order valence-electron chi connectivity index (χ4n) is 2.01. The number of carbonyl (C=O) groups is 2. The van der Waals surface area contributed by atoms with E-state index in [1.807, 2.05) is 12.3 Å². The maximum Gasteiger partial charge on any atom is 0.335 e. The van der Waals surface area contributed by atoms with E-state index in [2.05, 4.69) is 10.3 Å². The Morgan fingerprint density at radius 3 is 2.55 bits per heavy atom. The van der Waals surface area contributed by atoms with Crippen molar-refractivity contribution in [3.05, 3.63) is 51.5 Å². The fourth-order valence-corrected chi connectivity index (χ4v) is 2.66. The molecule has 1 aromatic carbocycles. The molecule has 22 heavy (non-hydrogen) atoms. The predicted molar refractivity (Wildman–Crippen MR) is 85.3 cm³/mol. The lowest BCUT2D eigenvalue weighted by atomic mass is 10.1. The first-order chi connectivity index (χ1) is 10.5. The number of nitrogens with one attached hydrogen (secondary N) is 1. The Morgan fingerprint density at radius 2 is 1.95 bits per heavy atom. The van der Waals surface area contributed by atoms with Gasteiger partial charge in [-0.1, -0.05) is 12.1 Å². The zero-order valence-corrected chi connectivity index (χ0v) is 13.2. The largest absolute Gasteiger partial charge is 0.478 e. The van der Waals surface area contributed by atoms with E-state index in [0.717, 1.165) is 22.7 Å². The van der Waals surface area contributed by atoms with Gasteiger partial charge in [-0.15, -0.1) is 11.3 Å². The molecular weight excluding hydrogens is 300 g/mol. The van der Waals surface area contributed by atoms with Crippen LogP contribution in [-0.4, -0.2) is 28.5 Å². The molecule has 1 aromatic heterocycles. The number of amides is 1. The molecule has 0 unspecified atom stereocenters. The van der Waals surface area contributed by atoms with E-state index >= 15 is 0 Å². The van der Waals surface area contributed by atoms with E-state index in [1.54, 1.807) is 35.6 Å². The summed E-state index contributed by atoms with van der Waals surface area (Å²) in [7, 11) is 0. The number of aromatic nitrogens is 1. The molecule has 0 aliphatic carbocycles. The van der Waals surface area contributed by atoms with E-state index in [0.29, 0.717) is 19.4 Å². The van der Waals surface area contributed by atoms with Gasteiger partial charge in [0.1, 0.15) is 0 Å². The Kier molecular flexibility index (Phi) is 5.66. The van der Waals surface area contributed by atoms with Gasteiger partial charge >= 0.3 is 5.97 Å². The molecule has 0 spiro atoms. The van der Waals surface area contributed by atoms with Crippen LogP contribution in [0.1, 0.15) is 33.0 Å². The quantitative estimate of drug-likeness (QED) is 0.822. The van der Waals surface area contributed by atoms with E-state index in [4.69, 9.17) is 5.11 Å². The van der Waals surface area contributed by atoms with Gasteiger partial charge in [0, 0.05) is 24.8 Å². The lowest BCUT2D eigenvalue weighted by Crippen LogP contribution is -2.25. The maximum absolute atomic E-state index is 11.8. The van der Waals surface area contributed by atoms with Gasteiger partial charge in [0.2, 0.25) is 5.91 Å². The highest BCUT2D eigenvalue weighted by Crippen LogP contribution is 2.08. The minimum absolute atomic E-state index is 0.00531. The van der Waals surface area contributed by atoms with Gasteiger partial charge in [0.15, 0.2) is 0 Å². The number of benzene rings is 1. The lowest BCUT2D eigenvalue weighted by molar-refractivity contribution is -0.121. The second-order valence-corrected chi connectivity index (χ2v) is 6.02. The van der Waals surface area contributed by atoms with Crippen molar-refractivity contribution in [2.75, 3.05) is 6.54 Å². The highest BCUT2D eigenvalue weighted by molar-refractivity contribution is 7.09. The Morgan fingerprint density at radius 1 is 1.23 bits per heavy atom. The van der Waals surface area contributed by atoms with Gasteiger partial charge < -0.3 is 10.4 Å². The molecule has 0 fully saturated rings. The van der Waals surface area contributed by atoms with Crippen molar-refractivity contribution in [2.24, 2.45) is 0 Å². The molecule has 0 bridgehead atoms. The Labute approximate surface area is 133 Å². The number of aromatic carboxylic acids is 1. The van der Waals surface area contributed by atoms with Crippen LogP contribution in [-0.2, 0) is 17.6 Å². The second-order valence-electron chi connectivity index (χ2n) is 4.96. The summed E-state index contributed by atoms with van der Waals surface area (Å²) in [6.07, 6.45) is 1.73. The van der Waals surface area contributed by atoms with Crippen LogP contribution in [0.4, 0.5) is 0 Å². The average molecular weight is 318 g/mol. The van der Waals surface area contributed by atoms with Gasteiger partial charge in [-0.2, -0.15) is 0 Å². The van der Waals surface area contributed by atoms with Crippen LogP contribution >= 0.6 is 11.3 Å². The highest BCUT2D eigenvalue weighted by atomic mass is 32.1. The number of rotatable bonds is 7. The number of carboxylic acids is 1. The van der Waals surface area contributed by atoms with Crippen LogP contribution in [0.15, 0.2) is 29.6 Å². The number of hydrogen-bond donors (Lipinski definition) is 2. The molecule has 0 radical (unpaired) electrons. The van der Waals surface area contributed by atoms with E-state index in [1.165, 1.54) is 0 Å². The first-order valence-corrected chi connectivity index (χ1v) is 7.92. The molecule has 2 aromatic rings. The predicted octanol–water partition coefficient (Wildman–Crippen LogP) is 2.44. The van der Waals surface area contributed by atoms with Crippen molar-refractivity contribution in [1.82, 2.24) is 10.3 Å². The minimum atomic E-state index is -0.943. The van der Waals surface area contributed by atoms with Gasteiger partial charge in [0.05, 0.1) is 16.3 Å². The highest BCUT2D eigenvalue weighted by Gasteiger charge is 2.05. The molecule has 0 atom stereocenters. The molecule has 0 aliphatic heterocycles. The molecule has 2 N–H and O–H groups in total. The molecule has 1 amide bonds. The normalized spacial score (nSPS) is 10.4. The lowest BCUT2D eigenvalue weighted by Gasteiger charge is -2.05. The number of aryl methyl sites for hydroxylation is 2. The van der Waals surface area contributed by atoms with E-state index in [-0.39, 0.29) is 11.5 Å². The molecule has 0 aliphatic rings. The molecule has 0 saturated carbocycles. The number of thiazole rings is 1. The number of hydrogen-bond acceptors (Lipinski definition) is 4. The van der Waals surface area contributed by atoms with Crippen LogP contribution in [0.3, 0.4) is 0 Å². The van der Waals surface area contributed by atoms with Crippen molar-refractivity contribution >= 4 is 23.2 Å². The van der Waals surface area contributed by atoms with Gasteiger partial charge in [-0.05, 0) is 31.0 Å². The molecule has 2 rings (SSSR count). The van der Waals surface area contributed by atoms with Crippen molar-refractivity contribution in [2.45, 2.75) is 26.2 Å². The summed E-state index contributed by atoms with van der Waals surface area (Å²) in [6, 6.07) is 6.60. The van der Waals surface area contributed by atoms with Crippen LogP contribution in [0.5, 0.6) is 0 Å². The summed E-state index contributed by atoms with van der Waals surface area (Å²) in [5, 5.41) is 14.7. The average Bonchev–Trinajstić information content (AvgIpc) is 2.91. The molecule has 116 valence electrons. The minimum Gasteiger partial charge on any atom is -0.478 e. The Bertz CT molecular complexity index is 650. The van der Waals surface area contributed by atoms with Crippen LogP contribution < -0.4 is 5.32 Å². The van der Waals surface area contributed by atoms with Crippen molar-refractivity contribution in [1.29, 1.82) is 0 Å². The first-order valence-electron chi connectivity index (χ1n) is 7.04. The summed E-state index contributed by atoms with van der Waals surface area (Å²) in [4.78, 5) is 26.9. The van der Waals surface area contributed by atoms with Crippen molar-refractivity contribution < 1.29 is 14.7 Å². The zero-order chi connectivity index (χ0) is 15.9. The van der Waals surface area contributed by atoms with Gasteiger partial charge in [0.25, 0.3) is 0 Å². The maximum atomic E-state index is 11.8. The van der Waals surface area contributed by atoms with Crippen molar-refractivity contribution in [3.8, 4) is 0 Å². The Balaban J connectivity index is 1.69. The zero-order valence-electron chi connectivity index (χ0n) is 12.3. The molecular formula is C16H18N2O3S. The topological polar surface area (TPSA) is 79.3 Å². The molecule has 5 nitrogen and oxygen atoms in total. The Hall–Kier alpha value is -2.21. The van der Waals surface area contributed by atoms with Crippen molar-refractivity contribution in [3.63, 3.8) is 0 Å². The first kappa shape index (κ1) is 16.2. The summed E-state index contributed by atoms with van der Waals surface area (Å²) in [5.74, 6) is -0.948. The monoisotopic (exact) mass is 318 g/mol. The number of carbonyl (C=O) groups excluding carboxylic acids is 1. The summed E-state index contributed by atoms with van der Waals surface area (Å²) in [6.45, 7) is 2.54. The number of nitrogens with zero attached hydrogens (tertiary/aromatic N) is 1. The smallest absolute Gasteiger partial charge is 0.335 e.